The Labute approximate surface area is 113 Å². The van der Waals surface area contributed by atoms with Gasteiger partial charge in [0, 0.05) is 25.3 Å². The predicted octanol–water partition coefficient (Wildman–Crippen LogP) is 1.52. The monoisotopic (exact) mass is 264 g/mol. The number of carbonyl (C=O) groups is 1. The summed E-state index contributed by atoms with van der Waals surface area (Å²) >= 11 is 0. The van der Waals surface area contributed by atoms with Crippen molar-refractivity contribution in [2.75, 3.05) is 38.1 Å². The number of hydrogen-bond acceptors (Lipinski definition) is 4. The van der Waals surface area contributed by atoms with E-state index in [0.717, 1.165) is 31.9 Å². The zero-order valence-corrected chi connectivity index (χ0v) is 11.1. The van der Waals surface area contributed by atoms with Crippen LogP contribution in [0.2, 0.25) is 0 Å². The second-order valence-corrected chi connectivity index (χ2v) is 4.65. The summed E-state index contributed by atoms with van der Waals surface area (Å²) in [6, 6.07) is 6.84. The lowest BCUT2D eigenvalue weighted by atomic mass is 10.2. The Morgan fingerprint density at radius 1 is 1.58 bits per heavy atom. The molecule has 1 saturated heterocycles. The van der Waals surface area contributed by atoms with Gasteiger partial charge in [0.25, 0.3) is 0 Å². The number of carboxylic acids is 1. The Hall–Kier alpha value is -1.59. The molecule has 0 aliphatic carbocycles. The van der Waals surface area contributed by atoms with Crippen molar-refractivity contribution in [1.82, 2.24) is 4.90 Å². The van der Waals surface area contributed by atoms with Gasteiger partial charge in [-0.1, -0.05) is 13.0 Å². The van der Waals surface area contributed by atoms with Crippen molar-refractivity contribution in [3.63, 3.8) is 0 Å². The molecule has 0 radical (unpaired) electrons. The molecule has 19 heavy (non-hydrogen) atoms. The van der Waals surface area contributed by atoms with Gasteiger partial charge in [-0.25, -0.2) is 4.79 Å². The first kappa shape index (κ1) is 13.8. The smallest absolute Gasteiger partial charge is 0.335 e. The Balaban J connectivity index is 1.88. The number of rotatable bonds is 5. The maximum Gasteiger partial charge on any atom is 0.335 e. The van der Waals surface area contributed by atoms with E-state index in [0.29, 0.717) is 12.1 Å². The van der Waals surface area contributed by atoms with Crippen LogP contribution < -0.4 is 5.32 Å². The number of benzene rings is 1. The van der Waals surface area contributed by atoms with E-state index in [9.17, 15) is 4.79 Å². The van der Waals surface area contributed by atoms with Gasteiger partial charge in [0.2, 0.25) is 0 Å². The zero-order valence-electron chi connectivity index (χ0n) is 11.1. The molecule has 5 nitrogen and oxygen atoms in total. The summed E-state index contributed by atoms with van der Waals surface area (Å²) in [4.78, 5) is 13.2. The average molecular weight is 264 g/mol. The highest BCUT2D eigenvalue weighted by molar-refractivity contribution is 5.88. The van der Waals surface area contributed by atoms with Gasteiger partial charge in [-0.3, -0.25) is 4.90 Å². The summed E-state index contributed by atoms with van der Waals surface area (Å²) in [5.74, 6) is -0.908. The highest BCUT2D eigenvalue weighted by Crippen LogP contribution is 2.12. The first-order chi connectivity index (χ1) is 9.19. The minimum absolute atomic E-state index is 0.155. The minimum Gasteiger partial charge on any atom is -0.478 e. The third-order valence-electron chi connectivity index (χ3n) is 3.31. The van der Waals surface area contributed by atoms with Crippen molar-refractivity contribution in [3.05, 3.63) is 29.8 Å². The van der Waals surface area contributed by atoms with Crippen molar-refractivity contribution in [3.8, 4) is 0 Å². The second kappa shape index (κ2) is 6.54. The predicted molar refractivity (Wildman–Crippen MR) is 73.7 cm³/mol. The normalized spacial score (nSPS) is 20.2. The van der Waals surface area contributed by atoms with Gasteiger partial charge >= 0.3 is 5.97 Å². The van der Waals surface area contributed by atoms with Gasteiger partial charge in [0.1, 0.15) is 0 Å². The van der Waals surface area contributed by atoms with Crippen molar-refractivity contribution in [1.29, 1.82) is 0 Å². The number of ether oxygens (including phenoxy) is 1. The lowest BCUT2D eigenvalue weighted by Crippen LogP contribution is -2.45. The molecular formula is C14H20N2O3. The van der Waals surface area contributed by atoms with E-state index >= 15 is 0 Å². The van der Waals surface area contributed by atoms with E-state index in [1.165, 1.54) is 0 Å². The van der Waals surface area contributed by atoms with E-state index < -0.39 is 5.97 Å². The van der Waals surface area contributed by atoms with Gasteiger partial charge in [-0.2, -0.15) is 0 Å². The molecular weight excluding hydrogens is 244 g/mol. The van der Waals surface area contributed by atoms with Gasteiger partial charge in [-0.15, -0.1) is 0 Å². The number of nitrogens with zero attached hydrogens (tertiary/aromatic N) is 1. The van der Waals surface area contributed by atoms with Crippen LogP contribution in [0.4, 0.5) is 5.69 Å². The van der Waals surface area contributed by atoms with Gasteiger partial charge in [0.05, 0.1) is 18.3 Å². The van der Waals surface area contributed by atoms with Gasteiger partial charge in [-0.05, 0) is 24.7 Å². The molecule has 0 spiro atoms. The van der Waals surface area contributed by atoms with Crippen molar-refractivity contribution < 1.29 is 14.6 Å². The first-order valence-corrected chi connectivity index (χ1v) is 6.60. The van der Waals surface area contributed by atoms with Crippen LogP contribution in [-0.4, -0.2) is 54.9 Å². The quantitative estimate of drug-likeness (QED) is 0.844. The highest BCUT2D eigenvalue weighted by Gasteiger charge is 2.18. The number of likely N-dealkylation sites (N-methyl/N-ethyl adjacent to an activating group) is 1. The largest absolute Gasteiger partial charge is 0.478 e. The molecule has 1 aliphatic rings. The van der Waals surface area contributed by atoms with Crippen LogP contribution >= 0.6 is 0 Å². The Morgan fingerprint density at radius 3 is 3.16 bits per heavy atom. The van der Waals surface area contributed by atoms with Gasteiger partial charge < -0.3 is 15.2 Å². The Morgan fingerprint density at radius 2 is 2.42 bits per heavy atom. The summed E-state index contributed by atoms with van der Waals surface area (Å²) in [5.41, 5.74) is 1.11. The SMILES string of the molecule is CCN1CCOC(CNc2cccc(C(=O)O)c2)C1. The number of hydrogen-bond donors (Lipinski definition) is 2. The fraction of sp³-hybridized carbons (Fsp3) is 0.500. The van der Waals surface area contributed by atoms with Crippen LogP contribution in [0.25, 0.3) is 0 Å². The van der Waals surface area contributed by atoms with Crippen molar-refractivity contribution in [2.24, 2.45) is 0 Å². The second-order valence-electron chi connectivity index (χ2n) is 4.65. The standard InChI is InChI=1S/C14H20N2O3/c1-2-16-6-7-19-13(10-16)9-15-12-5-3-4-11(8-12)14(17)18/h3-5,8,13,15H,2,6-7,9-10H2,1H3,(H,17,18). The maximum absolute atomic E-state index is 10.9. The van der Waals surface area contributed by atoms with Gasteiger partial charge in [0.15, 0.2) is 0 Å². The molecule has 5 heteroatoms. The van der Waals surface area contributed by atoms with Crippen LogP contribution in [0, 0.1) is 0 Å². The molecule has 104 valence electrons. The first-order valence-electron chi connectivity index (χ1n) is 6.60. The van der Waals surface area contributed by atoms with E-state index in [1.807, 2.05) is 6.07 Å². The summed E-state index contributed by atoms with van der Waals surface area (Å²) in [6.45, 7) is 6.54. The van der Waals surface area contributed by atoms with E-state index in [2.05, 4.69) is 17.1 Å². The third-order valence-corrected chi connectivity index (χ3v) is 3.31. The molecule has 1 heterocycles. The van der Waals surface area contributed by atoms with Crippen LogP contribution in [0.5, 0.6) is 0 Å². The fourth-order valence-corrected chi connectivity index (χ4v) is 2.19. The van der Waals surface area contributed by atoms with E-state index in [4.69, 9.17) is 9.84 Å². The van der Waals surface area contributed by atoms with Crippen LogP contribution in [0.1, 0.15) is 17.3 Å². The molecule has 1 unspecified atom stereocenters. The molecule has 2 N–H and O–H groups in total. The van der Waals surface area contributed by atoms with Crippen LogP contribution in [0.15, 0.2) is 24.3 Å². The molecule has 1 fully saturated rings. The number of nitrogens with one attached hydrogen (secondary N) is 1. The number of aromatic carboxylic acids is 1. The number of carboxylic acid groups (broad SMARTS) is 1. The van der Waals surface area contributed by atoms with Crippen molar-refractivity contribution >= 4 is 11.7 Å². The van der Waals surface area contributed by atoms with Crippen molar-refractivity contribution in [2.45, 2.75) is 13.0 Å². The summed E-state index contributed by atoms with van der Waals surface area (Å²) in [6.07, 6.45) is 0.155. The highest BCUT2D eigenvalue weighted by atomic mass is 16.5. The molecule has 1 aromatic carbocycles. The molecule has 1 aliphatic heterocycles. The van der Waals surface area contributed by atoms with E-state index in [-0.39, 0.29) is 6.10 Å². The maximum atomic E-state index is 10.9. The Bertz CT molecular complexity index is 436. The number of morpholine rings is 1. The molecule has 0 amide bonds. The Kier molecular flexibility index (Phi) is 4.76. The molecule has 1 atom stereocenters. The lowest BCUT2D eigenvalue weighted by Gasteiger charge is -2.32. The molecule has 0 saturated carbocycles. The lowest BCUT2D eigenvalue weighted by molar-refractivity contribution is -0.0191. The molecule has 1 aromatic rings. The molecule has 0 aromatic heterocycles. The van der Waals surface area contributed by atoms with Crippen LogP contribution in [0.3, 0.4) is 0 Å². The summed E-state index contributed by atoms with van der Waals surface area (Å²) < 4.78 is 5.69. The molecule has 0 bridgehead atoms. The number of anilines is 1. The fourth-order valence-electron chi connectivity index (χ4n) is 2.19. The topological polar surface area (TPSA) is 61.8 Å². The third kappa shape index (κ3) is 3.94. The summed E-state index contributed by atoms with van der Waals surface area (Å²) in [5, 5.41) is 12.2. The zero-order chi connectivity index (χ0) is 13.7. The van der Waals surface area contributed by atoms with Crippen LogP contribution in [-0.2, 0) is 4.74 Å². The summed E-state index contributed by atoms with van der Waals surface area (Å²) in [7, 11) is 0. The average Bonchev–Trinajstić information content (AvgIpc) is 2.45. The minimum atomic E-state index is -0.908. The van der Waals surface area contributed by atoms with E-state index in [1.54, 1.807) is 18.2 Å². The molecule has 2 rings (SSSR count).